The van der Waals surface area contributed by atoms with E-state index < -0.39 is 0 Å². The summed E-state index contributed by atoms with van der Waals surface area (Å²) in [5.74, 6) is 0.863. The molecule has 2 aliphatic carbocycles. The number of benzene rings is 1. The minimum Gasteiger partial charge on any atom is -0.383 e. The molecule has 0 amide bonds. The lowest BCUT2D eigenvalue weighted by atomic mass is 9.88. The normalized spacial score (nSPS) is 24.6. The van der Waals surface area contributed by atoms with Crippen LogP contribution in [-0.4, -0.2) is 25.8 Å². The van der Waals surface area contributed by atoms with Crippen LogP contribution in [0.5, 0.6) is 0 Å². The van der Waals surface area contributed by atoms with Crippen molar-refractivity contribution in [3.8, 4) is 0 Å². The first-order chi connectivity index (χ1) is 8.86. The van der Waals surface area contributed by atoms with Gasteiger partial charge in [0.15, 0.2) is 0 Å². The average Bonchev–Trinajstić information content (AvgIpc) is 3.22. The zero-order valence-electron chi connectivity index (χ0n) is 11.2. The summed E-state index contributed by atoms with van der Waals surface area (Å²) in [7, 11) is 1.81. The molecule has 18 heavy (non-hydrogen) atoms. The predicted molar refractivity (Wildman–Crippen MR) is 73.8 cm³/mol. The molecule has 1 fully saturated rings. The van der Waals surface area contributed by atoms with E-state index in [-0.39, 0.29) is 0 Å². The maximum absolute atomic E-state index is 5.35. The third kappa shape index (κ3) is 2.76. The third-order valence-electron chi connectivity index (χ3n) is 4.33. The van der Waals surface area contributed by atoms with E-state index in [1.165, 1.54) is 37.7 Å². The van der Waals surface area contributed by atoms with Crippen molar-refractivity contribution in [3.05, 3.63) is 35.4 Å². The van der Waals surface area contributed by atoms with Crippen LogP contribution in [0.25, 0.3) is 0 Å². The van der Waals surface area contributed by atoms with E-state index in [0.717, 1.165) is 12.5 Å². The van der Waals surface area contributed by atoms with Gasteiger partial charge >= 0.3 is 0 Å². The minimum absolute atomic E-state index is 0.574. The molecule has 0 bridgehead atoms. The van der Waals surface area contributed by atoms with Gasteiger partial charge < -0.3 is 10.1 Å². The smallest absolute Gasteiger partial charge is 0.0618 e. The van der Waals surface area contributed by atoms with Gasteiger partial charge in [-0.05, 0) is 49.1 Å². The van der Waals surface area contributed by atoms with Crippen molar-refractivity contribution in [2.75, 3.05) is 13.7 Å². The van der Waals surface area contributed by atoms with Gasteiger partial charge in [0.1, 0.15) is 0 Å². The van der Waals surface area contributed by atoms with Crippen LogP contribution in [0.15, 0.2) is 24.3 Å². The van der Waals surface area contributed by atoms with Crippen molar-refractivity contribution in [1.82, 2.24) is 5.32 Å². The van der Waals surface area contributed by atoms with Crippen molar-refractivity contribution >= 4 is 0 Å². The number of methoxy groups -OCH3 is 1. The molecule has 0 spiro atoms. The number of hydrogen-bond donors (Lipinski definition) is 1. The first-order valence-electron chi connectivity index (χ1n) is 7.18. The van der Waals surface area contributed by atoms with Gasteiger partial charge in [0.05, 0.1) is 6.61 Å². The molecule has 0 saturated heterocycles. The van der Waals surface area contributed by atoms with E-state index in [0.29, 0.717) is 12.1 Å². The van der Waals surface area contributed by atoms with Gasteiger partial charge in [-0.15, -0.1) is 0 Å². The number of aryl methyl sites for hydroxylation is 1. The van der Waals surface area contributed by atoms with E-state index in [4.69, 9.17) is 4.74 Å². The molecule has 2 heteroatoms. The van der Waals surface area contributed by atoms with Gasteiger partial charge in [0.2, 0.25) is 0 Å². The van der Waals surface area contributed by atoms with Gasteiger partial charge in [0, 0.05) is 19.2 Å². The first kappa shape index (κ1) is 12.2. The molecule has 1 aromatic rings. The molecule has 1 aromatic carbocycles. The summed E-state index contributed by atoms with van der Waals surface area (Å²) in [4.78, 5) is 0. The lowest BCUT2D eigenvalue weighted by Gasteiger charge is -2.29. The van der Waals surface area contributed by atoms with E-state index in [1.807, 2.05) is 7.11 Å². The Morgan fingerprint density at radius 3 is 2.72 bits per heavy atom. The maximum Gasteiger partial charge on any atom is 0.0618 e. The van der Waals surface area contributed by atoms with Crippen LogP contribution in [-0.2, 0) is 17.6 Å². The van der Waals surface area contributed by atoms with Crippen LogP contribution in [0.2, 0.25) is 0 Å². The van der Waals surface area contributed by atoms with Crippen LogP contribution in [0.1, 0.15) is 30.4 Å². The second-order valence-electron chi connectivity index (χ2n) is 5.77. The van der Waals surface area contributed by atoms with Crippen LogP contribution in [0.4, 0.5) is 0 Å². The fraction of sp³-hybridized carbons (Fsp3) is 0.625. The summed E-state index contributed by atoms with van der Waals surface area (Å²) in [6.07, 6.45) is 6.43. The first-order valence-corrected chi connectivity index (χ1v) is 7.18. The van der Waals surface area contributed by atoms with Crippen LogP contribution >= 0.6 is 0 Å². The Bertz CT molecular complexity index is 400. The molecule has 0 aliphatic heterocycles. The molecule has 3 rings (SSSR count). The number of nitrogens with one attached hydrogen (secondary N) is 1. The van der Waals surface area contributed by atoms with Gasteiger partial charge in [-0.1, -0.05) is 24.3 Å². The van der Waals surface area contributed by atoms with E-state index in [9.17, 15) is 0 Å². The van der Waals surface area contributed by atoms with E-state index in [2.05, 4.69) is 29.6 Å². The standard InChI is InChI=1S/C16H23NO/c1-18-11-16(13-6-7-13)17-15-9-8-12-4-2-3-5-14(12)10-15/h2-5,13,15-17H,6-11H2,1H3. The van der Waals surface area contributed by atoms with Crippen molar-refractivity contribution < 1.29 is 4.74 Å². The maximum atomic E-state index is 5.35. The fourth-order valence-corrected chi connectivity index (χ4v) is 3.14. The molecule has 1 saturated carbocycles. The molecule has 1 N–H and O–H groups in total. The van der Waals surface area contributed by atoms with Gasteiger partial charge in [-0.2, -0.15) is 0 Å². The Labute approximate surface area is 110 Å². The lowest BCUT2D eigenvalue weighted by Crippen LogP contribution is -2.45. The number of fused-ring (bicyclic) bond motifs is 1. The molecule has 2 atom stereocenters. The minimum atomic E-state index is 0.574. The topological polar surface area (TPSA) is 21.3 Å². The zero-order valence-corrected chi connectivity index (χ0v) is 11.2. The summed E-state index contributed by atoms with van der Waals surface area (Å²) < 4.78 is 5.35. The Morgan fingerprint density at radius 2 is 2.00 bits per heavy atom. The number of ether oxygens (including phenoxy) is 1. The van der Waals surface area contributed by atoms with Gasteiger partial charge in [-0.3, -0.25) is 0 Å². The van der Waals surface area contributed by atoms with Crippen molar-refractivity contribution in [1.29, 1.82) is 0 Å². The Hall–Kier alpha value is -0.860. The lowest BCUT2D eigenvalue weighted by molar-refractivity contribution is 0.149. The van der Waals surface area contributed by atoms with Crippen LogP contribution < -0.4 is 5.32 Å². The highest BCUT2D eigenvalue weighted by atomic mass is 16.5. The van der Waals surface area contributed by atoms with Gasteiger partial charge in [-0.25, -0.2) is 0 Å². The van der Waals surface area contributed by atoms with Crippen molar-refractivity contribution in [3.63, 3.8) is 0 Å². The van der Waals surface area contributed by atoms with Crippen molar-refractivity contribution in [2.24, 2.45) is 5.92 Å². The fourth-order valence-electron chi connectivity index (χ4n) is 3.14. The molecule has 2 aliphatic rings. The second-order valence-corrected chi connectivity index (χ2v) is 5.77. The quantitative estimate of drug-likeness (QED) is 0.861. The van der Waals surface area contributed by atoms with Gasteiger partial charge in [0.25, 0.3) is 0 Å². The number of rotatable bonds is 5. The van der Waals surface area contributed by atoms with Crippen molar-refractivity contribution in [2.45, 2.75) is 44.2 Å². The Morgan fingerprint density at radius 1 is 1.22 bits per heavy atom. The summed E-state index contributed by atoms with van der Waals surface area (Å²) in [6.45, 7) is 0.864. The highest BCUT2D eigenvalue weighted by molar-refractivity contribution is 5.30. The molecule has 0 aromatic heterocycles. The molecule has 98 valence electrons. The Kier molecular flexibility index (Phi) is 3.67. The average molecular weight is 245 g/mol. The summed E-state index contributed by atoms with van der Waals surface area (Å²) in [6, 6.07) is 10.1. The third-order valence-corrected chi connectivity index (χ3v) is 4.33. The predicted octanol–water partition coefficient (Wildman–Crippen LogP) is 2.56. The van der Waals surface area contributed by atoms with Crippen LogP contribution in [0, 0.1) is 5.92 Å². The highest BCUT2D eigenvalue weighted by Crippen LogP contribution is 2.33. The SMILES string of the molecule is COCC(NC1CCc2ccccc2C1)C1CC1. The summed E-state index contributed by atoms with van der Waals surface area (Å²) in [5.41, 5.74) is 3.08. The van der Waals surface area contributed by atoms with Crippen LogP contribution in [0.3, 0.4) is 0 Å². The van der Waals surface area contributed by atoms with E-state index >= 15 is 0 Å². The van der Waals surface area contributed by atoms with E-state index in [1.54, 1.807) is 5.56 Å². The zero-order chi connectivity index (χ0) is 12.4. The summed E-state index contributed by atoms with van der Waals surface area (Å²) >= 11 is 0. The summed E-state index contributed by atoms with van der Waals surface area (Å²) in [5, 5.41) is 3.83. The molecule has 2 nitrogen and oxygen atoms in total. The molecular formula is C16H23NO. The molecule has 0 heterocycles. The monoisotopic (exact) mass is 245 g/mol. The molecule has 2 unspecified atom stereocenters. The molecular weight excluding hydrogens is 222 g/mol. The second kappa shape index (κ2) is 5.41. The number of hydrogen-bond acceptors (Lipinski definition) is 2. The highest BCUT2D eigenvalue weighted by Gasteiger charge is 2.33. The molecule has 0 radical (unpaired) electrons. The largest absolute Gasteiger partial charge is 0.383 e. The Balaban J connectivity index is 1.61.